The zero-order valence-electron chi connectivity index (χ0n) is 9.08. The van der Waals surface area contributed by atoms with Crippen molar-refractivity contribution in [1.29, 1.82) is 0 Å². The molecule has 0 amide bonds. The predicted molar refractivity (Wildman–Crippen MR) is 63.9 cm³/mol. The Labute approximate surface area is 102 Å². The number of aryl methyl sites for hydroxylation is 1. The van der Waals surface area contributed by atoms with Gasteiger partial charge in [0.1, 0.15) is 5.03 Å². The molecule has 0 aliphatic rings. The molecule has 0 bridgehead atoms. The fraction of sp³-hybridized carbons (Fsp3) is 0.0833. The van der Waals surface area contributed by atoms with E-state index in [9.17, 15) is 8.78 Å². The molecule has 0 unspecified atom stereocenters. The van der Waals surface area contributed by atoms with Crippen molar-refractivity contribution in [2.24, 2.45) is 0 Å². The second-order valence-corrected chi connectivity index (χ2v) is 4.60. The minimum absolute atomic E-state index is 0.598. The molecule has 1 heterocycles. The Morgan fingerprint density at radius 3 is 2.53 bits per heavy atom. The average Bonchev–Trinajstić information content (AvgIpc) is 2.29. The van der Waals surface area contributed by atoms with Crippen LogP contribution >= 0.6 is 11.8 Å². The predicted octanol–water partition coefficient (Wildman–Crippen LogP) is 3.40. The maximum Gasteiger partial charge on any atom is 0.159 e. The van der Waals surface area contributed by atoms with E-state index in [1.54, 1.807) is 19.1 Å². The van der Waals surface area contributed by atoms with E-state index in [0.717, 1.165) is 17.8 Å². The molecule has 5 heteroatoms. The molecule has 0 aliphatic carbocycles. The highest BCUT2D eigenvalue weighted by molar-refractivity contribution is 7.99. The van der Waals surface area contributed by atoms with Crippen LogP contribution in [0.5, 0.6) is 0 Å². The normalized spacial score (nSPS) is 10.5. The van der Waals surface area contributed by atoms with E-state index >= 15 is 0 Å². The van der Waals surface area contributed by atoms with Gasteiger partial charge in [0, 0.05) is 4.90 Å². The molecule has 1 aromatic carbocycles. The molecule has 2 nitrogen and oxygen atoms in total. The minimum atomic E-state index is -0.859. The molecule has 2 N–H and O–H groups in total. The molecule has 0 aliphatic heterocycles. The van der Waals surface area contributed by atoms with Gasteiger partial charge in [-0.25, -0.2) is 13.8 Å². The fourth-order valence-corrected chi connectivity index (χ4v) is 2.13. The number of aromatic nitrogens is 1. The molecule has 17 heavy (non-hydrogen) atoms. The highest BCUT2D eigenvalue weighted by Gasteiger charge is 2.05. The number of pyridine rings is 1. The second kappa shape index (κ2) is 4.71. The number of nitrogens with two attached hydrogens (primary N) is 1. The van der Waals surface area contributed by atoms with Gasteiger partial charge < -0.3 is 5.73 Å². The van der Waals surface area contributed by atoms with Crippen molar-refractivity contribution in [3.8, 4) is 0 Å². The summed E-state index contributed by atoms with van der Waals surface area (Å²) in [5.74, 6) is -1.71. The monoisotopic (exact) mass is 252 g/mol. The van der Waals surface area contributed by atoms with Crippen molar-refractivity contribution in [3.63, 3.8) is 0 Å². The van der Waals surface area contributed by atoms with Gasteiger partial charge in [-0.2, -0.15) is 0 Å². The quantitative estimate of drug-likeness (QED) is 0.890. The molecule has 0 spiro atoms. The molecule has 0 saturated carbocycles. The van der Waals surface area contributed by atoms with Crippen molar-refractivity contribution in [2.45, 2.75) is 16.8 Å². The maximum atomic E-state index is 13.0. The van der Waals surface area contributed by atoms with Gasteiger partial charge in [0.15, 0.2) is 11.6 Å². The molecule has 88 valence electrons. The molecule has 1 aromatic heterocycles. The van der Waals surface area contributed by atoms with Gasteiger partial charge in [0.05, 0.1) is 11.4 Å². The first-order valence-corrected chi connectivity index (χ1v) is 5.74. The number of halogens is 2. The summed E-state index contributed by atoms with van der Waals surface area (Å²) in [5, 5.41) is 0.697. The van der Waals surface area contributed by atoms with Gasteiger partial charge >= 0.3 is 0 Å². The Kier molecular flexibility index (Phi) is 3.28. The van der Waals surface area contributed by atoms with Crippen molar-refractivity contribution in [2.75, 3.05) is 5.73 Å². The number of rotatable bonds is 2. The molecule has 0 saturated heterocycles. The van der Waals surface area contributed by atoms with E-state index in [1.165, 1.54) is 17.8 Å². The molecular formula is C12H10F2N2S. The second-order valence-electron chi connectivity index (χ2n) is 3.50. The van der Waals surface area contributed by atoms with Gasteiger partial charge in [-0.1, -0.05) is 11.8 Å². The summed E-state index contributed by atoms with van der Waals surface area (Å²) >= 11 is 1.26. The average molecular weight is 252 g/mol. The first-order valence-electron chi connectivity index (χ1n) is 4.92. The Morgan fingerprint density at radius 1 is 1.12 bits per heavy atom. The van der Waals surface area contributed by atoms with E-state index in [4.69, 9.17) is 5.73 Å². The summed E-state index contributed by atoms with van der Waals surface area (Å²) in [6.45, 7) is 1.80. The van der Waals surface area contributed by atoms with Crippen LogP contribution in [-0.4, -0.2) is 4.98 Å². The topological polar surface area (TPSA) is 38.9 Å². The first kappa shape index (κ1) is 11.9. The van der Waals surface area contributed by atoms with E-state index in [2.05, 4.69) is 4.98 Å². The number of anilines is 1. The van der Waals surface area contributed by atoms with Crippen LogP contribution in [0.4, 0.5) is 14.5 Å². The SMILES string of the molecule is Cc1nc(Sc2ccc(F)c(F)c2)ccc1N. The summed E-state index contributed by atoms with van der Waals surface area (Å²) < 4.78 is 25.7. The third-order valence-electron chi connectivity index (χ3n) is 2.21. The minimum Gasteiger partial charge on any atom is -0.397 e. The molecule has 2 rings (SSSR count). The Bertz CT molecular complexity index is 509. The van der Waals surface area contributed by atoms with Crippen LogP contribution in [-0.2, 0) is 0 Å². The highest BCUT2D eigenvalue weighted by Crippen LogP contribution is 2.28. The molecule has 2 aromatic rings. The van der Waals surface area contributed by atoms with Crippen LogP contribution in [0.3, 0.4) is 0 Å². The van der Waals surface area contributed by atoms with Gasteiger partial charge in [0.25, 0.3) is 0 Å². The summed E-state index contributed by atoms with van der Waals surface area (Å²) in [7, 11) is 0. The van der Waals surface area contributed by atoms with Crippen LogP contribution < -0.4 is 5.73 Å². The summed E-state index contributed by atoms with van der Waals surface area (Å²) in [4.78, 5) is 4.84. The lowest BCUT2D eigenvalue weighted by molar-refractivity contribution is 0.506. The van der Waals surface area contributed by atoms with Crippen LogP contribution in [0.25, 0.3) is 0 Å². The number of benzene rings is 1. The number of nitrogens with zero attached hydrogens (tertiary/aromatic N) is 1. The summed E-state index contributed by atoms with van der Waals surface area (Å²) in [6.07, 6.45) is 0. The van der Waals surface area contributed by atoms with Crippen molar-refractivity contribution < 1.29 is 8.78 Å². The van der Waals surface area contributed by atoms with Crippen LogP contribution in [0.1, 0.15) is 5.69 Å². The van der Waals surface area contributed by atoms with Gasteiger partial charge in [-0.15, -0.1) is 0 Å². The Balaban J connectivity index is 2.25. The van der Waals surface area contributed by atoms with Gasteiger partial charge in [-0.05, 0) is 37.3 Å². The largest absolute Gasteiger partial charge is 0.397 e. The van der Waals surface area contributed by atoms with E-state index in [0.29, 0.717) is 15.6 Å². The highest BCUT2D eigenvalue weighted by atomic mass is 32.2. The molecular weight excluding hydrogens is 242 g/mol. The lowest BCUT2D eigenvalue weighted by Gasteiger charge is -2.04. The van der Waals surface area contributed by atoms with Gasteiger partial charge in [0.2, 0.25) is 0 Å². The standard InChI is InChI=1S/C12H10F2N2S/c1-7-11(15)4-5-12(16-7)17-8-2-3-9(13)10(14)6-8/h2-6H,15H2,1H3. The molecule has 0 atom stereocenters. The van der Waals surface area contributed by atoms with Gasteiger partial charge in [-0.3, -0.25) is 0 Å². The number of hydrogen-bond acceptors (Lipinski definition) is 3. The molecule has 0 radical (unpaired) electrons. The van der Waals surface area contributed by atoms with E-state index in [1.807, 2.05) is 0 Å². The van der Waals surface area contributed by atoms with Crippen LogP contribution in [0, 0.1) is 18.6 Å². The summed E-state index contributed by atoms with van der Waals surface area (Å²) in [5.41, 5.74) is 6.98. The van der Waals surface area contributed by atoms with Crippen LogP contribution in [0.2, 0.25) is 0 Å². The first-order chi connectivity index (χ1) is 8.06. The number of hydrogen-bond donors (Lipinski definition) is 1. The lowest BCUT2D eigenvalue weighted by Crippen LogP contribution is -1.93. The van der Waals surface area contributed by atoms with E-state index < -0.39 is 11.6 Å². The van der Waals surface area contributed by atoms with Crippen LogP contribution in [0.15, 0.2) is 40.3 Å². The third-order valence-corrected chi connectivity index (χ3v) is 3.14. The third kappa shape index (κ3) is 2.74. The number of nitrogen functional groups attached to an aromatic ring is 1. The maximum absolute atomic E-state index is 13.0. The Hall–Kier alpha value is -1.62. The van der Waals surface area contributed by atoms with E-state index in [-0.39, 0.29) is 0 Å². The lowest BCUT2D eigenvalue weighted by atomic mass is 10.3. The van der Waals surface area contributed by atoms with Crippen molar-refractivity contribution >= 4 is 17.4 Å². The summed E-state index contributed by atoms with van der Waals surface area (Å²) in [6, 6.07) is 7.24. The van der Waals surface area contributed by atoms with Crippen molar-refractivity contribution in [1.82, 2.24) is 4.98 Å². The van der Waals surface area contributed by atoms with Crippen molar-refractivity contribution in [3.05, 3.63) is 47.7 Å². The zero-order valence-corrected chi connectivity index (χ0v) is 9.89. The molecule has 0 fully saturated rings. The Morgan fingerprint density at radius 2 is 1.88 bits per heavy atom. The smallest absolute Gasteiger partial charge is 0.159 e. The zero-order chi connectivity index (χ0) is 12.4. The fourth-order valence-electron chi connectivity index (χ4n) is 1.27.